The summed E-state index contributed by atoms with van der Waals surface area (Å²) in [5.74, 6) is -0.770. The van der Waals surface area contributed by atoms with Gasteiger partial charge in [-0.3, -0.25) is 15.0 Å². The third-order valence-electron chi connectivity index (χ3n) is 3.80. The highest BCUT2D eigenvalue weighted by Crippen LogP contribution is 2.31. The molecule has 1 heterocycles. The van der Waals surface area contributed by atoms with Gasteiger partial charge in [-0.25, -0.2) is 0 Å². The first-order chi connectivity index (χ1) is 12.5. The van der Waals surface area contributed by atoms with Crippen molar-refractivity contribution in [3.63, 3.8) is 0 Å². The summed E-state index contributed by atoms with van der Waals surface area (Å²) < 4.78 is 0.286. The van der Waals surface area contributed by atoms with E-state index in [0.717, 1.165) is 28.8 Å². The molecule has 1 aliphatic heterocycles. The van der Waals surface area contributed by atoms with Crippen LogP contribution in [0.2, 0.25) is 5.02 Å². The Morgan fingerprint density at radius 3 is 2.46 bits per heavy atom. The van der Waals surface area contributed by atoms with Crippen LogP contribution in [0.3, 0.4) is 0 Å². The lowest BCUT2D eigenvalue weighted by Gasteiger charge is -2.15. The molecule has 0 aromatic heterocycles. The maximum Gasteiger partial charge on any atom is 0.285 e. The van der Waals surface area contributed by atoms with Gasteiger partial charge in [-0.2, -0.15) is 5.01 Å². The Morgan fingerprint density at radius 2 is 1.85 bits per heavy atom. The van der Waals surface area contributed by atoms with Crippen molar-refractivity contribution in [2.24, 2.45) is 0 Å². The maximum atomic E-state index is 12.6. The van der Waals surface area contributed by atoms with Gasteiger partial charge in [-0.15, -0.1) is 0 Å². The van der Waals surface area contributed by atoms with Gasteiger partial charge in [0.05, 0.1) is 4.91 Å². The predicted molar refractivity (Wildman–Crippen MR) is 110 cm³/mol. The fraction of sp³-hybridized carbons (Fsp3) is 0.105. The van der Waals surface area contributed by atoms with Crippen molar-refractivity contribution in [1.29, 1.82) is 0 Å². The van der Waals surface area contributed by atoms with Crippen LogP contribution in [0.15, 0.2) is 53.4 Å². The van der Waals surface area contributed by atoms with E-state index in [0.29, 0.717) is 15.5 Å². The molecular formula is C19H15ClN2O2S2. The number of rotatable bonds is 4. The number of hydrogen-bond donors (Lipinski definition) is 1. The average Bonchev–Trinajstić information content (AvgIpc) is 2.90. The normalized spacial score (nSPS) is 15.6. The Morgan fingerprint density at radius 1 is 1.19 bits per heavy atom. The molecule has 0 radical (unpaired) electrons. The third-order valence-corrected chi connectivity index (χ3v) is 5.35. The lowest BCUT2D eigenvalue weighted by molar-refractivity contribution is -0.123. The molecule has 7 heteroatoms. The van der Waals surface area contributed by atoms with E-state index in [1.165, 1.54) is 5.56 Å². The summed E-state index contributed by atoms with van der Waals surface area (Å²) in [6, 6.07) is 14.3. The summed E-state index contributed by atoms with van der Waals surface area (Å²) in [6.07, 6.45) is 2.73. The highest BCUT2D eigenvalue weighted by Gasteiger charge is 2.33. The van der Waals surface area contributed by atoms with E-state index in [9.17, 15) is 9.59 Å². The Kier molecular flexibility index (Phi) is 5.76. The van der Waals surface area contributed by atoms with Crippen LogP contribution in [0, 0.1) is 0 Å². The van der Waals surface area contributed by atoms with E-state index in [2.05, 4.69) is 12.3 Å². The minimum absolute atomic E-state index is 0.286. The zero-order valence-corrected chi connectivity index (χ0v) is 16.3. The highest BCUT2D eigenvalue weighted by atomic mass is 35.5. The van der Waals surface area contributed by atoms with Crippen molar-refractivity contribution in [1.82, 2.24) is 10.4 Å². The van der Waals surface area contributed by atoms with Crippen molar-refractivity contribution in [3.05, 3.63) is 75.1 Å². The number of halogens is 1. The van der Waals surface area contributed by atoms with Gasteiger partial charge in [0.1, 0.15) is 0 Å². The van der Waals surface area contributed by atoms with Gasteiger partial charge >= 0.3 is 0 Å². The standard InChI is InChI=1S/C19H15ClN2O2S2/c1-2-12-3-5-13(6-4-12)11-16-18(24)22(19(25)26-16)21-17(23)14-7-9-15(20)10-8-14/h3-11H,2H2,1H3,(H,21,23)/b16-11+. The molecule has 4 nitrogen and oxygen atoms in total. The number of aryl methyl sites for hydroxylation is 1. The molecule has 132 valence electrons. The lowest BCUT2D eigenvalue weighted by atomic mass is 10.1. The third kappa shape index (κ3) is 4.15. The number of carbonyl (C=O) groups excluding carboxylic acids is 2. The van der Waals surface area contributed by atoms with Crippen molar-refractivity contribution in [3.8, 4) is 0 Å². The first-order valence-electron chi connectivity index (χ1n) is 7.91. The zero-order valence-electron chi connectivity index (χ0n) is 13.9. The number of amides is 2. The summed E-state index contributed by atoms with van der Waals surface area (Å²) >= 11 is 12.2. The maximum absolute atomic E-state index is 12.6. The molecule has 2 amide bonds. The van der Waals surface area contributed by atoms with Gasteiger partial charge in [0.15, 0.2) is 4.32 Å². The number of thiocarbonyl (C=S) groups is 1. The number of hydrogen-bond acceptors (Lipinski definition) is 4. The number of carbonyl (C=O) groups is 2. The molecule has 2 aromatic rings. The molecule has 0 aliphatic carbocycles. The summed E-state index contributed by atoms with van der Waals surface area (Å²) in [5.41, 5.74) is 5.07. The quantitative estimate of drug-likeness (QED) is 0.606. The Bertz CT molecular complexity index is 893. The van der Waals surface area contributed by atoms with Crippen LogP contribution < -0.4 is 5.43 Å². The molecule has 1 N–H and O–H groups in total. The number of thioether (sulfide) groups is 1. The van der Waals surface area contributed by atoms with Crippen LogP contribution in [0.25, 0.3) is 6.08 Å². The molecule has 26 heavy (non-hydrogen) atoms. The first-order valence-corrected chi connectivity index (χ1v) is 9.51. The number of nitrogens with zero attached hydrogens (tertiary/aromatic N) is 1. The lowest BCUT2D eigenvalue weighted by Crippen LogP contribution is -2.44. The van der Waals surface area contributed by atoms with Gasteiger partial charge in [0, 0.05) is 10.6 Å². The molecule has 1 saturated heterocycles. The SMILES string of the molecule is CCc1ccc(/C=C2/SC(=S)N(NC(=O)c3ccc(Cl)cc3)C2=O)cc1. The van der Waals surface area contributed by atoms with Gasteiger partial charge in [0.2, 0.25) is 0 Å². The second kappa shape index (κ2) is 8.03. The fourth-order valence-electron chi connectivity index (χ4n) is 2.33. The molecular weight excluding hydrogens is 388 g/mol. The molecule has 1 aliphatic rings. The second-order valence-electron chi connectivity index (χ2n) is 5.56. The minimum atomic E-state index is -0.425. The summed E-state index contributed by atoms with van der Waals surface area (Å²) in [7, 11) is 0. The van der Waals surface area contributed by atoms with Crippen molar-refractivity contribution in [2.45, 2.75) is 13.3 Å². The van der Waals surface area contributed by atoms with Gasteiger partial charge in [-0.05, 0) is 60.1 Å². The highest BCUT2D eigenvalue weighted by molar-refractivity contribution is 8.26. The van der Waals surface area contributed by atoms with E-state index < -0.39 is 5.91 Å². The molecule has 0 atom stereocenters. The average molecular weight is 403 g/mol. The summed E-state index contributed by atoms with van der Waals surface area (Å²) in [6.45, 7) is 2.09. The molecule has 2 aromatic carbocycles. The monoisotopic (exact) mass is 402 g/mol. The molecule has 0 saturated carbocycles. The van der Waals surface area contributed by atoms with E-state index in [1.807, 2.05) is 24.3 Å². The smallest absolute Gasteiger partial charge is 0.267 e. The topological polar surface area (TPSA) is 49.4 Å². The van der Waals surface area contributed by atoms with Gasteiger partial charge < -0.3 is 0 Å². The van der Waals surface area contributed by atoms with Crippen LogP contribution >= 0.6 is 35.6 Å². The van der Waals surface area contributed by atoms with Crippen LogP contribution in [0.5, 0.6) is 0 Å². The van der Waals surface area contributed by atoms with Crippen molar-refractivity contribution in [2.75, 3.05) is 0 Å². The number of benzene rings is 2. The largest absolute Gasteiger partial charge is 0.285 e. The minimum Gasteiger partial charge on any atom is -0.267 e. The first kappa shape index (κ1) is 18.6. The van der Waals surface area contributed by atoms with Gasteiger partial charge in [-0.1, -0.05) is 54.6 Å². The van der Waals surface area contributed by atoms with E-state index in [-0.39, 0.29) is 10.2 Å². The van der Waals surface area contributed by atoms with E-state index >= 15 is 0 Å². The number of hydrazine groups is 1. The number of nitrogens with one attached hydrogen (secondary N) is 1. The molecule has 0 unspecified atom stereocenters. The molecule has 3 rings (SSSR count). The second-order valence-corrected chi connectivity index (χ2v) is 7.67. The predicted octanol–water partition coefficient (Wildman–Crippen LogP) is 4.45. The van der Waals surface area contributed by atoms with Crippen LogP contribution in [-0.2, 0) is 11.2 Å². The zero-order chi connectivity index (χ0) is 18.7. The Labute approximate surface area is 166 Å². The van der Waals surface area contributed by atoms with E-state index in [1.54, 1.807) is 30.3 Å². The van der Waals surface area contributed by atoms with Crippen LogP contribution in [0.4, 0.5) is 0 Å². The summed E-state index contributed by atoms with van der Waals surface area (Å²) in [5, 5.41) is 1.63. The van der Waals surface area contributed by atoms with Crippen LogP contribution in [-0.4, -0.2) is 21.1 Å². The Balaban J connectivity index is 1.74. The fourth-order valence-corrected chi connectivity index (χ4v) is 3.64. The molecule has 1 fully saturated rings. The van der Waals surface area contributed by atoms with Crippen molar-refractivity contribution < 1.29 is 9.59 Å². The molecule has 0 bridgehead atoms. The summed E-state index contributed by atoms with van der Waals surface area (Å²) in [4.78, 5) is 25.3. The van der Waals surface area contributed by atoms with Crippen LogP contribution in [0.1, 0.15) is 28.4 Å². The van der Waals surface area contributed by atoms with E-state index in [4.69, 9.17) is 23.8 Å². The Hall–Kier alpha value is -2.15. The molecule has 0 spiro atoms. The van der Waals surface area contributed by atoms with Crippen molar-refractivity contribution >= 4 is 57.8 Å². The van der Waals surface area contributed by atoms with Gasteiger partial charge in [0.25, 0.3) is 11.8 Å².